The summed E-state index contributed by atoms with van der Waals surface area (Å²) in [6.07, 6.45) is 5.35. The zero-order valence-corrected chi connectivity index (χ0v) is 14.2. The Morgan fingerprint density at radius 1 is 1.43 bits per heavy atom. The number of fused-ring (bicyclic) bond motifs is 1. The third-order valence-corrected chi connectivity index (χ3v) is 5.63. The number of carbonyl (C=O) groups is 2. The second-order valence-corrected chi connectivity index (χ2v) is 7.56. The molecule has 3 rings (SSSR count). The SMILES string of the molecule is C[C@@H]1CCc2sc(C(=O)OCC(=O)NC[C@@H]3CCCO3)cc2C1. The van der Waals surface area contributed by atoms with E-state index >= 15 is 0 Å². The lowest BCUT2D eigenvalue weighted by atomic mass is 9.90. The summed E-state index contributed by atoms with van der Waals surface area (Å²) < 4.78 is 10.6. The molecule has 5 nitrogen and oxygen atoms in total. The normalized spacial score (nSPS) is 23.3. The van der Waals surface area contributed by atoms with Crippen molar-refractivity contribution >= 4 is 23.2 Å². The average Bonchev–Trinajstić information content (AvgIpc) is 3.19. The van der Waals surface area contributed by atoms with E-state index in [2.05, 4.69) is 12.2 Å². The maximum Gasteiger partial charge on any atom is 0.348 e. The summed E-state index contributed by atoms with van der Waals surface area (Å²) in [4.78, 5) is 25.7. The van der Waals surface area contributed by atoms with Gasteiger partial charge in [-0.1, -0.05) is 6.92 Å². The summed E-state index contributed by atoms with van der Waals surface area (Å²) in [6, 6.07) is 1.93. The van der Waals surface area contributed by atoms with Gasteiger partial charge in [-0.3, -0.25) is 4.79 Å². The van der Waals surface area contributed by atoms with Crippen LogP contribution in [0.15, 0.2) is 6.07 Å². The summed E-state index contributed by atoms with van der Waals surface area (Å²) in [6.45, 7) is 3.25. The monoisotopic (exact) mass is 337 g/mol. The Morgan fingerprint density at radius 2 is 2.30 bits per heavy atom. The van der Waals surface area contributed by atoms with E-state index in [9.17, 15) is 9.59 Å². The summed E-state index contributed by atoms with van der Waals surface area (Å²) in [5.74, 6) is -0.00216. The quantitative estimate of drug-likeness (QED) is 0.838. The molecular weight excluding hydrogens is 314 g/mol. The number of nitrogens with one attached hydrogen (secondary N) is 1. The molecule has 0 saturated carbocycles. The van der Waals surface area contributed by atoms with Crippen molar-refractivity contribution in [3.8, 4) is 0 Å². The van der Waals surface area contributed by atoms with Crippen molar-refractivity contribution < 1.29 is 19.1 Å². The number of amides is 1. The number of ether oxygens (including phenoxy) is 2. The molecule has 1 aliphatic carbocycles. The van der Waals surface area contributed by atoms with Crippen LogP contribution in [-0.2, 0) is 27.1 Å². The van der Waals surface area contributed by atoms with Crippen LogP contribution < -0.4 is 5.32 Å². The fourth-order valence-corrected chi connectivity index (χ4v) is 4.19. The van der Waals surface area contributed by atoms with Crippen molar-refractivity contribution in [2.24, 2.45) is 5.92 Å². The highest BCUT2D eigenvalue weighted by Crippen LogP contribution is 2.32. The van der Waals surface area contributed by atoms with Crippen LogP contribution in [0.1, 0.15) is 46.3 Å². The summed E-state index contributed by atoms with van der Waals surface area (Å²) >= 11 is 1.50. The van der Waals surface area contributed by atoms with Crippen LogP contribution in [0.25, 0.3) is 0 Å². The van der Waals surface area contributed by atoms with Crippen LogP contribution in [0, 0.1) is 5.92 Å². The molecule has 0 radical (unpaired) electrons. The maximum absolute atomic E-state index is 12.1. The van der Waals surface area contributed by atoms with Gasteiger partial charge >= 0.3 is 5.97 Å². The van der Waals surface area contributed by atoms with E-state index in [4.69, 9.17) is 9.47 Å². The van der Waals surface area contributed by atoms with Crippen LogP contribution in [0.3, 0.4) is 0 Å². The molecule has 1 fully saturated rings. The Morgan fingerprint density at radius 3 is 3.09 bits per heavy atom. The minimum atomic E-state index is -0.399. The van der Waals surface area contributed by atoms with Crippen molar-refractivity contribution in [1.82, 2.24) is 5.32 Å². The molecule has 2 aliphatic rings. The Labute approximate surface area is 140 Å². The summed E-state index contributed by atoms with van der Waals surface area (Å²) in [5.41, 5.74) is 1.27. The first kappa shape index (κ1) is 16.5. The van der Waals surface area contributed by atoms with E-state index < -0.39 is 5.97 Å². The molecule has 1 saturated heterocycles. The van der Waals surface area contributed by atoms with E-state index in [0.717, 1.165) is 32.3 Å². The van der Waals surface area contributed by atoms with Gasteiger partial charge in [0.05, 0.1) is 6.10 Å². The number of thiophene rings is 1. The van der Waals surface area contributed by atoms with Gasteiger partial charge in [-0.25, -0.2) is 4.79 Å². The van der Waals surface area contributed by atoms with Crippen LogP contribution in [0.5, 0.6) is 0 Å². The molecule has 6 heteroatoms. The minimum Gasteiger partial charge on any atom is -0.451 e. The Hall–Kier alpha value is -1.40. The molecule has 0 spiro atoms. The zero-order valence-electron chi connectivity index (χ0n) is 13.4. The molecule has 2 atom stereocenters. The number of esters is 1. The van der Waals surface area contributed by atoms with Crippen molar-refractivity contribution in [1.29, 1.82) is 0 Å². The highest BCUT2D eigenvalue weighted by Gasteiger charge is 2.22. The molecule has 0 unspecified atom stereocenters. The van der Waals surface area contributed by atoms with Crippen LogP contribution >= 0.6 is 11.3 Å². The highest BCUT2D eigenvalue weighted by atomic mass is 32.1. The van der Waals surface area contributed by atoms with Crippen molar-refractivity contribution in [2.45, 2.75) is 45.1 Å². The van der Waals surface area contributed by atoms with Gasteiger partial charge in [0, 0.05) is 18.0 Å². The molecule has 0 aromatic carbocycles. The molecule has 1 N–H and O–H groups in total. The van der Waals surface area contributed by atoms with Gasteiger partial charge in [0.1, 0.15) is 4.88 Å². The molecule has 126 valence electrons. The topological polar surface area (TPSA) is 64.6 Å². The van der Waals surface area contributed by atoms with Gasteiger partial charge in [-0.2, -0.15) is 0 Å². The van der Waals surface area contributed by atoms with Crippen molar-refractivity contribution in [3.63, 3.8) is 0 Å². The summed E-state index contributed by atoms with van der Waals surface area (Å²) in [7, 11) is 0. The molecule has 0 bridgehead atoms. The van der Waals surface area contributed by atoms with E-state index in [1.165, 1.54) is 28.2 Å². The first-order chi connectivity index (χ1) is 11.1. The predicted molar refractivity (Wildman–Crippen MR) is 87.8 cm³/mol. The first-order valence-electron chi connectivity index (χ1n) is 8.29. The number of hydrogen-bond acceptors (Lipinski definition) is 5. The highest BCUT2D eigenvalue weighted by molar-refractivity contribution is 7.14. The standard InChI is InChI=1S/C17H23NO4S/c1-11-4-5-14-12(7-11)8-15(23-14)17(20)22-10-16(19)18-9-13-3-2-6-21-13/h8,11,13H,2-7,9-10H2,1H3,(H,18,19)/t11-,13+/m1/s1. The lowest BCUT2D eigenvalue weighted by molar-refractivity contribution is -0.124. The largest absolute Gasteiger partial charge is 0.451 e. The summed E-state index contributed by atoms with van der Waals surface area (Å²) in [5, 5.41) is 2.75. The van der Waals surface area contributed by atoms with Gasteiger partial charge in [0.2, 0.25) is 0 Å². The van der Waals surface area contributed by atoms with Gasteiger partial charge in [0.15, 0.2) is 6.61 Å². The van der Waals surface area contributed by atoms with Crippen LogP contribution in [0.4, 0.5) is 0 Å². The third kappa shape index (κ3) is 4.32. The molecule has 1 amide bonds. The lowest BCUT2D eigenvalue weighted by Crippen LogP contribution is -2.34. The maximum atomic E-state index is 12.1. The fraction of sp³-hybridized carbons (Fsp3) is 0.647. The molecule has 1 aromatic rings. The molecule has 23 heavy (non-hydrogen) atoms. The number of rotatable bonds is 5. The van der Waals surface area contributed by atoms with E-state index in [-0.39, 0.29) is 18.6 Å². The molecule has 1 aromatic heterocycles. The zero-order chi connectivity index (χ0) is 16.2. The van der Waals surface area contributed by atoms with Crippen LogP contribution in [0.2, 0.25) is 0 Å². The van der Waals surface area contributed by atoms with Crippen molar-refractivity contribution in [2.75, 3.05) is 19.8 Å². The fourth-order valence-electron chi connectivity index (χ4n) is 3.09. The third-order valence-electron chi connectivity index (χ3n) is 4.42. The van der Waals surface area contributed by atoms with Crippen molar-refractivity contribution in [3.05, 3.63) is 21.4 Å². The van der Waals surface area contributed by atoms with Gasteiger partial charge in [0.25, 0.3) is 5.91 Å². The molecule has 1 aliphatic heterocycles. The Balaban J connectivity index is 1.44. The van der Waals surface area contributed by atoms with Gasteiger partial charge in [-0.15, -0.1) is 11.3 Å². The Bertz CT molecular complexity index is 577. The number of aryl methyl sites for hydroxylation is 1. The van der Waals surface area contributed by atoms with Crippen LogP contribution in [-0.4, -0.2) is 37.7 Å². The molecule has 2 heterocycles. The second-order valence-electron chi connectivity index (χ2n) is 6.42. The van der Waals surface area contributed by atoms with E-state index in [1.54, 1.807) is 0 Å². The first-order valence-corrected chi connectivity index (χ1v) is 9.10. The number of hydrogen-bond donors (Lipinski definition) is 1. The van der Waals surface area contributed by atoms with Gasteiger partial charge < -0.3 is 14.8 Å². The predicted octanol–water partition coefficient (Wildman–Crippen LogP) is 2.32. The average molecular weight is 337 g/mol. The second kappa shape index (κ2) is 7.45. The minimum absolute atomic E-state index is 0.0978. The van der Waals surface area contributed by atoms with E-state index in [1.807, 2.05) is 6.07 Å². The van der Waals surface area contributed by atoms with E-state index in [0.29, 0.717) is 17.3 Å². The van der Waals surface area contributed by atoms with Gasteiger partial charge in [-0.05, 0) is 49.7 Å². The Kier molecular flexibility index (Phi) is 5.33. The smallest absolute Gasteiger partial charge is 0.348 e. The number of carbonyl (C=O) groups excluding carboxylic acids is 2. The molecular formula is C17H23NO4S. The lowest BCUT2D eigenvalue weighted by Gasteiger charge is -2.16.